The van der Waals surface area contributed by atoms with E-state index in [4.69, 9.17) is 9.47 Å². The molecule has 0 saturated heterocycles. The molecule has 3 aromatic rings. The van der Waals surface area contributed by atoms with E-state index in [1.165, 1.54) is 0 Å². The highest BCUT2D eigenvalue weighted by Crippen LogP contribution is 2.21. The molecule has 0 fully saturated rings. The lowest BCUT2D eigenvalue weighted by Gasteiger charge is -2.00. The number of nitrogens with one attached hydrogen (secondary N) is 2. The number of hydrogen-bond acceptors (Lipinski definition) is 5. The maximum absolute atomic E-state index is 12.1. The van der Waals surface area contributed by atoms with Crippen LogP contribution in [0.15, 0.2) is 59.7 Å². The molecule has 1 heterocycles. The van der Waals surface area contributed by atoms with Gasteiger partial charge in [-0.05, 0) is 60.2 Å². The number of benzene rings is 2. The zero-order chi connectivity index (χ0) is 18.4. The Bertz CT molecular complexity index is 899. The Morgan fingerprint density at radius 3 is 2.27 bits per heavy atom. The predicted molar refractivity (Wildman–Crippen MR) is 98.6 cm³/mol. The van der Waals surface area contributed by atoms with E-state index >= 15 is 0 Å². The number of carbonyl (C=O) groups is 1. The van der Waals surface area contributed by atoms with Crippen molar-refractivity contribution in [2.24, 2.45) is 5.10 Å². The molecule has 0 unspecified atom stereocenters. The van der Waals surface area contributed by atoms with E-state index in [2.05, 4.69) is 20.7 Å². The van der Waals surface area contributed by atoms with Gasteiger partial charge in [0, 0.05) is 5.56 Å². The molecule has 0 aliphatic rings. The minimum Gasteiger partial charge on any atom is -0.497 e. The first-order chi connectivity index (χ1) is 12.7. The molecular weight excluding hydrogens is 332 g/mol. The number of hydrazone groups is 1. The fraction of sp³-hybridized carbons (Fsp3) is 0.105. The number of methoxy groups -OCH3 is 2. The standard InChI is InChI=1S/C19H18N4O3/c1-25-15-7-3-13(4-8-15)12-20-23-19(24)18-11-17(21-22-18)14-5-9-16(26-2)10-6-14/h3-12H,1-2H3,(H,21,22)(H,23,24)/b20-12-. The van der Waals surface area contributed by atoms with Crippen LogP contribution in [-0.4, -0.2) is 36.5 Å². The summed E-state index contributed by atoms with van der Waals surface area (Å²) in [6, 6.07) is 16.4. The summed E-state index contributed by atoms with van der Waals surface area (Å²) in [6.45, 7) is 0. The number of aromatic nitrogens is 2. The molecular formula is C19H18N4O3. The van der Waals surface area contributed by atoms with Crippen molar-refractivity contribution in [1.82, 2.24) is 15.6 Å². The van der Waals surface area contributed by atoms with Crippen molar-refractivity contribution in [2.45, 2.75) is 0 Å². The number of amides is 1. The van der Waals surface area contributed by atoms with Crippen molar-refractivity contribution in [2.75, 3.05) is 14.2 Å². The summed E-state index contributed by atoms with van der Waals surface area (Å²) in [7, 11) is 3.21. The average Bonchev–Trinajstić information content (AvgIpc) is 3.19. The molecule has 0 aliphatic carbocycles. The smallest absolute Gasteiger partial charge is 0.289 e. The largest absolute Gasteiger partial charge is 0.497 e. The van der Waals surface area contributed by atoms with E-state index in [0.717, 1.165) is 22.6 Å². The molecule has 3 rings (SSSR count). The quantitative estimate of drug-likeness (QED) is 0.528. The number of aromatic amines is 1. The van der Waals surface area contributed by atoms with Crippen molar-refractivity contribution < 1.29 is 14.3 Å². The summed E-state index contributed by atoms with van der Waals surface area (Å²) >= 11 is 0. The van der Waals surface area contributed by atoms with Crippen molar-refractivity contribution in [1.29, 1.82) is 0 Å². The van der Waals surface area contributed by atoms with Crippen LogP contribution in [0.1, 0.15) is 16.1 Å². The second-order valence-electron chi connectivity index (χ2n) is 5.37. The Hall–Kier alpha value is -3.61. The van der Waals surface area contributed by atoms with Crippen molar-refractivity contribution in [3.8, 4) is 22.8 Å². The van der Waals surface area contributed by atoms with Crippen LogP contribution >= 0.6 is 0 Å². The lowest BCUT2D eigenvalue weighted by Crippen LogP contribution is -2.17. The van der Waals surface area contributed by atoms with Gasteiger partial charge in [0.2, 0.25) is 0 Å². The molecule has 0 bridgehead atoms. The van der Waals surface area contributed by atoms with Gasteiger partial charge in [-0.1, -0.05) is 0 Å². The highest BCUT2D eigenvalue weighted by molar-refractivity contribution is 5.94. The third kappa shape index (κ3) is 4.07. The normalized spacial score (nSPS) is 10.7. The van der Waals surface area contributed by atoms with Gasteiger partial charge in [-0.3, -0.25) is 9.89 Å². The van der Waals surface area contributed by atoms with E-state index in [9.17, 15) is 4.79 Å². The predicted octanol–water partition coefficient (Wildman–Crippen LogP) is 2.86. The summed E-state index contributed by atoms with van der Waals surface area (Å²) in [5, 5.41) is 10.8. The first kappa shape index (κ1) is 17.2. The van der Waals surface area contributed by atoms with Crippen LogP contribution in [0.5, 0.6) is 11.5 Å². The topological polar surface area (TPSA) is 88.6 Å². The molecule has 0 saturated carbocycles. The molecule has 7 nitrogen and oxygen atoms in total. The Labute approximate surface area is 150 Å². The lowest BCUT2D eigenvalue weighted by atomic mass is 10.1. The number of hydrogen-bond donors (Lipinski definition) is 2. The van der Waals surface area contributed by atoms with Gasteiger partial charge in [-0.15, -0.1) is 0 Å². The number of rotatable bonds is 6. The van der Waals surface area contributed by atoms with Crippen LogP contribution in [0.2, 0.25) is 0 Å². The summed E-state index contributed by atoms with van der Waals surface area (Å²) in [4.78, 5) is 12.1. The van der Waals surface area contributed by atoms with Crippen LogP contribution < -0.4 is 14.9 Å². The summed E-state index contributed by atoms with van der Waals surface area (Å²) in [6.07, 6.45) is 1.55. The molecule has 0 aliphatic heterocycles. The van der Waals surface area contributed by atoms with E-state index in [-0.39, 0.29) is 5.91 Å². The molecule has 1 amide bonds. The Morgan fingerprint density at radius 2 is 1.65 bits per heavy atom. The Morgan fingerprint density at radius 1 is 1.04 bits per heavy atom. The molecule has 0 radical (unpaired) electrons. The summed E-state index contributed by atoms with van der Waals surface area (Å²) < 4.78 is 10.2. The van der Waals surface area contributed by atoms with Gasteiger partial charge in [-0.2, -0.15) is 10.2 Å². The average molecular weight is 350 g/mol. The SMILES string of the molecule is COc1ccc(/C=N\NC(=O)c2cc(-c3ccc(OC)cc3)n[nH]2)cc1. The third-order valence-electron chi connectivity index (χ3n) is 3.70. The van der Waals surface area contributed by atoms with Gasteiger partial charge < -0.3 is 9.47 Å². The first-order valence-corrected chi connectivity index (χ1v) is 7.87. The molecule has 7 heteroatoms. The highest BCUT2D eigenvalue weighted by Gasteiger charge is 2.10. The van der Waals surface area contributed by atoms with Gasteiger partial charge in [0.15, 0.2) is 0 Å². The van der Waals surface area contributed by atoms with Crippen molar-refractivity contribution in [3.05, 3.63) is 65.9 Å². The molecule has 2 N–H and O–H groups in total. The summed E-state index contributed by atoms with van der Waals surface area (Å²) in [5.74, 6) is 1.15. The molecule has 2 aromatic carbocycles. The Balaban J connectivity index is 1.62. The van der Waals surface area contributed by atoms with Crippen LogP contribution in [0.3, 0.4) is 0 Å². The zero-order valence-electron chi connectivity index (χ0n) is 14.4. The highest BCUT2D eigenvalue weighted by atomic mass is 16.5. The fourth-order valence-electron chi connectivity index (χ4n) is 2.26. The van der Waals surface area contributed by atoms with Crippen molar-refractivity contribution in [3.63, 3.8) is 0 Å². The third-order valence-corrected chi connectivity index (χ3v) is 3.70. The van der Waals surface area contributed by atoms with E-state index < -0.39 is 0 Å². The minimum absolute atomic E-state index is 0.322. The van der Waals surface area contributed by atoms with Crippen LogP contribution in [0.25, 0.3) is 11.3 Å². The fourth-order valence-corrected chi connectivity index (χ4v) is 2.26. The van der Waals surface area contributed by atoms with Gasteiger partial charge >= 0.3 is 0 Å². The van der Waals surface area contributed by atoms with Gasteiger partial charge in [0.25, 0.3) is 5.91 Å². The van der Waals surface area contributed by atoms with E-state index in [1.807, 2.05) is 48.5 Å². The zero-order valence-corrected chi connectivity index (χ0v) is 14.4. The number of ether oxygens (including phenoxy) is 2. The number of H-pyrrole nitrogens is 1. The van der Waals surface area contributed by atoms with Gasteiger partial charge in [0.05, 0.1) is 26.1 Å². The lowest BCUT2D eigenvalue weighted by molar-refractivity contribution is 0.0950. The molecule has 0 spiro atoms. The maximum atomic E-state index is 12.1. The van der Waals surface area contributed by atoms with E-state index in [1.54, 1.807) is 26.5 Å². The van der Waals surface area contributed by atoms with Crippen LogP contribution in [0, 0.1) is 0 Å². The maximum Gasteiger partial charge on any atom is 0.289 e. The molecule has 0 atom stereocenters. The monoisotopic (exact) mass is 350 g/mol. The molecule has 1 aromatic heterocycles. The number of carbonyl (C=O) groups excluding carboxylic acids is 1. The summed E-state index contributed by atoms with van der Waals surface area (Å²) in [5.41, 5.74) is 5.17. The van der Waals surface area contributed by atoms with Crippen LogP contribution in [0.4, 0.5) is 0 Å². The first-order valence-electron chi connectivity index (χ1n) is 7.87. The minimum atomic E-state index is -0.373. The number of nitrogens with zero attached hydrogens (tertiary/aromatic N) is 2. The van der Waals surface area contributed by atoms with E-state index in [0.29, 0.717) is 11.4 Å². The van der Waals surface area contributed by atoms with Crippen molar-refractivity contribution >= 4 is 12.1 Å². The molecule has 26 heavy (non-hydrogen) atoms. The van der Waals surface area contributed by atoms with Crippen LogP contribution in [-0.2, 0) is 0 Å². The second-order valence-corrected chi connectivity index (χ2v) is 5.37. The molecule has 132 valence electrons. The van der Waals surface area contributed by atoms with Gasteiger partial charge in [-0.25, -0.2) is 5.43 Å². The van der Waals surface area contributed by atoms with Gasteiger partial charge in [0.1, 0.15) is 17.2 Å². The second kappa shape index (κ2) is 7.98. The Kier molecular flexibility index (Phi) is 5.28.